The molecule has 8 nitrogen and oxygen atoms in total. The summed E-state index contributed by atoms with van der Waals surface area (Å²) in [6.07, 6.45) is 6.59. The van der Waals surface area contributed by atoms with Gasteiger partial charge in [0.05, 0.1) is 28.8 Å². The molecule has 1 aliphatic heterocycles. The number of hydrogen-bond donors (Lipinski definition) is 2. The van der Waals surface area contributed by atoms with Crippen LogP contribution in [0.15, 0.2) is 24.4 Å². The molecule has 8 heteroatoms. The molecule has 1 aromatic carbocycles. The van der Waals surface area contributed by atoms with Crippen LogP contribution in [0.5, 0.6) is 0 Å². The standard InChI is InChI=1S/C20H19N7O/c1-22-20-24-17(14-10-27(26-18(14)25-20)12-4-2-3-5-12)16-13-8-11(9-21)6-7-15(13)23-19(16)28/h6-8,10,12,16H,2-5H2,1H3,(H,23,28)(H,22,25,26). The number of aromatic nitrogens is 4. The molecule has 0 spiro atoms. The third kappa shape index (κ3) is 2.51. The second-order valence-electron chi connectivity index (χ2n) is 7.30. The molecular weight excluding hydrogens is 354 g/mol. The van der Waals surface area contributed by atoms with Crippen molar-refractivity contribution in [1.29, 1.82) is 5.26 Å². The Bertz CT molecular complexity index is 1140. The lowest BCUT2D eigenvalue weighted by Gasteiger charge is -2.11. The fraction of sp³-hybridized carbons (Fsp3) is 0.350. The third-order valence-corrected chi connectivity index (χ3v) is 5.63. The summed E-state index contributed by atoms with van der Waals surface area (Å²) in [5.41, 5.74) is 3.19. The molecule has 28 heavy (non-hydrogen) atoms. The summed E-state index contributed by atoms with van der Waals surface area (Å²) in [6, 6.07) is 7.74. The molecule has 1 fully saturated rings. The molecule has 3 aromatic rings. The van der Waals surface area contributed by atoms with Gasteiger partial charge in [-0.25, -0.2) is 4.98 Å². The van der Waals surface area contributed by atoms with E-state index in [9.17, 15) is 10.1 Å². The van der Waals surface area contributed by atoms with Crippen LogP contribution in [0.2, 0.25) is 0 Å². The number of benzene rings is 1. The van der Waals surface area contributed by atoms with Crippen LogP contribution in [0.4, 0.5) is 11.6 Å². The van der Waals surface area contributed by atoms with Gasteiger partial charge in [0.25, 0.3) is 0 Å². The molecular formula is C20H19N7O. The highest BCUT2D eigenvalue weighted by Gasteiger charge is 2.36. The number of nitriles is 1. The maximum Gasteiger partial charge on any atom is 0.238 e. The highest BCUT2D eigenvalue weighted by atomic mass is 16.2. The number of anilines is 2. The van der Waals surface area contributed by atoms with Gasteiger partial charge >= 0.3 is 0 Å². The fourth-order valence-electron chi connectivity index (χ4n) is 4.24. The minimum Gasteiger partial charge on any atom is -0.357 e. The van der Waals surface area contributed by atoms with E-state index in [0.717, 1.165) is 29.5 Å². The summed E-state index contributed by atoms with van der Waals surface area (Å²) in [6.45, 7) is 0. The number of carbonyl (C=O) groups excluding carboxylic acids is 1. The van der Waals surface area contributed by atoms with Gasteiger partial charge in [-0.05, 0) is 36.6 Å². The zero-order valence-corrected chi connectivity index (χ0v) is 15.4. The van der Waals surface area contributed by atoms with E-state index < -0.39 is 5.92 Å². The number of fused-ring (bicyclic) bond motifs is 2. The summed E-state index contributed by atoms with van der Waals surface area (Å²) in [4.78, 5) is 22.0. The van der Waals surface area contributed by atoms with Crippen molar-refractivity contribution < 1.29 is 4.79 Å². The molecule has 140 valence electrons. The van der Waals surface area contributed by atoms with Crippen LogP contribution >= 0.6 is 0 Å². The van der Waals surface area contributed by atoms with E-state index in [1.807, 2.05) is 10.9 Å². The first-order valence-electron chi connectivity index (χ1n) is 9.47. The summed E-state index contributed by atoms with van der Waals surface area (Å²) in [7, 11) is 1.75. The van der Waals surface area contributed by atoms with E-state index in [-0.39, 0.29) is 5.91 Å². The quantitative estimate of drug-likeness (QED) is 0.731. The number of rotatable bonds is 3. The van der Waals surface area contributed by atoms with Crippen molar-refractivity contribution in [2.75, 3.05) is 17.7 Å². The van der Waals surface area contributed by atoms with E-state index in [1.165, 1.54) is 12.8 Å². The third-order valence-electron chi connectivity index (χ3n) is 5.63. The van der Waals surface area contributed by atoms with Gasteiger partial charge in [-0.3, -0.25) is 9.48 Å². The van der Waals surface area contributed by atoms with Gasteiger partial charge in [-0.15, -0.1) is 0 Å². The van der Waals surface area contributed by atoms with Crippen LogP contribution in [-0.2, 0) is 4.79 Å². The summed E-state index contributed by atoms with van der Waals surface area (Å²) < 4.78 is 1.98. The van der Waals surface area contributed by atoms with Crippen molar-refractivity contribution in [2.45, 2.75) is 37.6 Å². The Morgan fingerprint density at radius 2 is 2.11 bits per heavy atom. The zero-order chi connectivity index (χ0) is 19.3. The predicted molar refractivity (Wildman–Crippen MR) is 104 cm³/mol. The van der Waals surface area contributed by atoms with Crippen molar-refractivity contribution in [1.82, 2.24) is 19.7 Å². The van der Waals surface area contributed by atoms with Crippen molar-refractivity contribution >= 4 is 28.6 Å². The van der Waals surface area contributed by atoms with Crippen LogP contribution in [0.3, 0.4) is 0 Å². The van der Waals surface area contributed by atoms with E-state index >= 15 is 0 Å². The smallest absolute Gasteiger partial charge is 0.238 e. The predicted octanol–water partition coefficient (Wildman–Crippen LogP) is 2.94. The SMILES string of the molecule is CNc1nc(C2C(=O)Nc3ccc(C#N)cc32)c2cn(C3CCCC3)nc2n1. The Labute approximate surface area is 161 Å². The largest absolute Gasteiger partial charge is 0.357 e. The second kappa shape index (κ2) is 6.30. The number of carbonyl (C=O) groups is 1. The Morgan fingerprint density at radius 3 is 2.86 bits per heavy atom. The molecule has 2 aliphatic rings. The first kappa shape index (κ1) is 16.7. The monoisotopic (exact) mass is 373 g/mol. The molecule has 5 rings (SSSR count). The Hall–Kier alpha value is -3.47. The lowest BCUT2D eigenvalue weighted by molar-refractivity contribution is -0.116. The summed E-state index contributed by atoms with van der Waals surface area (Å²) in [5, 5.41) is 20.6. The fourth-order valence-corrected chi connectivity index (χ4v) is 4.24. The molecule has 1 amide bonds. The molecule has 2 aromatic heterocycles. The summed E-state index contributed by atoms with van der Waals surface area (Å²) >= 11 is 0. The maximum absolute atomic E-state index is 12.8. The van der Waals surface area contributed by atoms with Crippen molar-refractivity contribution in [2.24, 2.45) is 0 Å². The number of amides is 1. The lowest BCUT2D eigenvalue weighted by atomic mass is 9.94. The Morgan fingerprint density at radius 1 is 1.29 bits per heavy atom. The van der Waals surface area contributed by atoms with E-state index in [1.54, 1.807) is 25.2 Å². The average Bonchev–Trinajstić information content (AvgIpc) is 3.43. The van der Waals surface area contributed by atoms with E-state index in [2.05, 4.69) is 26.7 Å². The minimum atomic E-state index is -0.595. The normalized spacial score (nSPS) is 18.9. The number of hydrogen-bond acceptors (Lipinski definition) is 6. The second-order valence-corrected chi connectivity index (χ2v) is 7.30. The Balaban J connectivity index is 1.70. The van der Waals surface area contributed by atoms with Crippen LogP contribution in [0.1, 0.15) is 54.5 Å². The maximum atomic E-state index is 12.8. The van der Waals surface area contributed by atoms with Crippen LogP contribution in [-0.4, -0.2) is 32.7 Å². The molecule has 1 saturated carbocycles. The molecule has 0 radical (unpaired) electrons. The topological polar surface area (TPSA) is 109 Å². The van der Waals surface area contributed by atoms with Crippen molar-refractivity contribution in [3.63, 3.8) is 0 Å². The van der Waals surface area contributed by atoms with Crippen LogP contribution < -0.4 is 10.6 Å². The highest BCUT2D eigenvalue weighted by Crippen LogP contribution is 2.40. The van der Waals surface area contributed by atoms with Gasteiger partial charge < -0.3 is 10.6 Å². The average molecular weight is 373 g/mol. The van der Waals surface area contributed by atoms with Gasteiger partial charge in [-0.1, -0.05) is 12.8 Å². The molecule has 0 bridgehead atoms. The molecule has 1 unspecified atom stereocenters. The van der Waals surface area contributed by atoms with Gasteiger partial charge in [0.2, 0.25) is 11.9 Å². The summed E-state index contributed by atoms with van der Waals surface area (Å²) in [5.74, 6) is -0.320. The lowest BCUT2D eigenvalue weighted by Crippen LogP contribution is -2.16. The highest BCUT2D eigenvalue weighted by molar-refractivity contribution is 6.06. The molecule has 3 heterocycles. The van der Waals surface area contributed by atoms with Crippen LogP contribution in [0, 0.1) is 11.3 Å². The molecule has 0 saturated heterocycles. The van der Waals surface area contributed by atoms with Gasteiger partial charge in [0.15, 0.2) is 5.65 Å². The minimum absolute atomic E-state index is 0.152. The molecule has 1 atom stereocenters. The van der Waals surface area contributed by atoms with E-state index in [0.29, 0.717) is 28.9 Å². The Kier molecular flexibility index (Phi) is 3.76. The molecule has 2 N–H and O–H groups in total. The number of nitrogens with one attached hydrogen (secondary N) is 2. The first-order valence-corrected chi connectivity index (χ1v) is 9.47. The number of nitrogens with zero attached hydrogens (tertiary/aromatic N) is 5. The van der Waals surface area contributed by atoms with Gasteiger partial charge in [0, 0.05) is 18.9 Å². The van der Waals surface area contributed by atoms with Crippen molar-refractivity contribution in [3.8, 4) is 6.07 Å². The van der Waals surface area contributed by atoms with Crippen LogP contribution in [0.25, 0.3) is 11.0 Å². The van der Waals surface area contributed by atoms with Gasteiger partial charge in [0.1, 0.15) is 5.92 Å². The van der Waals surface area contributed by atoms with E-state index in [4.69, 9.17) is 5.10 Å². The zero-order valence-electron chi connectivity index (χ0n) is 15.4. The van der Waals surface area contributed by atoms with Crippen molar-refractivity contribution in [3.05, 3.63) is 41.2 Å². The molecule has 1 aliphatic carbocycles. The first-order chi connectivity index (χ1) is 13.7. The van der Waals surface area contributed by atoms with Gasteiger partial charge in [-0.2, -0.15) is 15.3 Å².